The molecule has 0 spiro atoms. The zero-order valence-corrected chi connectivity index (χ0v) is 21.8. The van der Waals surface area contributed by atoms with Crippen LogP contribution in [-0.2, 0) is 16.0 Å². The number of carbonyl (C=O) groups excluding carboxylic acids is 2. The van der Waals surface area contributed by atoms with Crippen LogP contribution in [0.15, 0.2) is 66.7 Å². The van der Waals surface area contributed by atoms with Crippen LogP contribution in [0.5, 0.6) is 0 Å². The molecule has 3 N–H and O–H groups in total. The third-order valence-electron chi connectivity index (χ3n) is 5.96. The molecule has 0 aliphatic carbocycles. The van der Waals surface area contributed by atoms with Crippen LogP contribution >= 0.6 is 11.6 Å². The van der Waals surface area contributed by atoms with Gasteiger partial charge in [-0.25, -0.2) is 4.79 Å². The number of halogens is 1. The molecule has 0 bridgehead atoms. The van der Waals surface area contributed by atoms with E-state index in [9.17, 15) is 19.9 Å². The van der Waals surface area contributed by atoms with Gasteiger partial charge in [-0.2, -0.15) is 0 Å². The highest BCUT2D eigenvalue weighted by molar-refractivity contribution is 6.30. The minimum Gasteiger partial charge on any atom is -0.464 e. The van der Waals surface area contributed by atoms with E-state index >= 15 is 0 Å². The molecule has 198 valence electrons. The number of rotatable bonds is 10. The van der Waals surface area contributed by atoms with Crippen LogP contribution in [0.25, 0.3) is 22.2 Å². The second-order valence-electron chi connectivity index (χ2n) is 9.54. The van der Waals surface area contributed by atoms with E-state index in [0.29, 0.717) is 21.8 Å². The summed E-state index contributed by atoms with van der Waals surface area (Å²) < 4.78 is 5.18. The van der Waals surface area contributed by atoms with Crippen LogP contribution in [0.3, 0.4) is 0 Å². The average molecular weight is 537 g/mol. The van der Waals surface area contributed by atoms with Crippen molar-refractivity contribution in [2.75, 3.05) is 6.61 Å². The first-order valence-electron chi connectivity index (χ1n) is 12.2. The normalized spacial score (nSPS) is 12.9. The van der Waals surface area contributed by atoms with Gasteiger partial charge in [-0.15, -0.1) is 5.10 Å². The number of aliphatic hydroxyl groups is 1. The van der Waals surface area contributed by atoms with E-state index < -0.39 is 24.0 Å². The molecule has 0 radical (unpaired) electrons. The number of hydrogen-bond donors (Lipinski definition) is 3. The summed E-state index contributed by atoms with van der Waals surface area (Å²) in [6.45, 7) is 4.00. The van der Waals surface area contributed by atoms with Gasteiger partial charge in [0.1, 0.15) is 11.0 Å². The Morgan fingerprint density at radius 2 is 1.82 bits per heavy atom. The van der Waals surface area contributed by atoms with E-state index in [2.05, 4.69) is 15.6 Å². The molecule has 0 aliphatic heterocycles. The number of aliphatic hydroxyl groups excluding tert-OH is 1. The van der Waals surface area contributed by atoms with Crippen molar-refractivity contribution in [3.63, 3.8) is 0 Å². The first-order valence-corrected chi connectivity index (χ1v) is 12.6. The predicted molar refractivity (Wildman–Crippen MR) is 143 cm³/mol. The van der Waals surface area contributed by atoms with E-state index in [0.717, 1.165) is 16.7 Å². The molecule has 4 rings (SSSR count). The van der Waals surface area contributed by atoms with E-state index in [4.69, 9.17) is 16.3 Å². The third kappa shape index (κ3) is 6.87. The van der Waals surface area contributed by atoms with E-state index in [-0.39, 0.29) is 30.0 Å². The fourth-order valence-corrected chi connectivity index (χ4v) is 4.20. The molecule has 10 heteroatoms. The Balaban J connectivity index is 1.51. The number of nitrogens with one attached hydrogen (secondary N) is 1. The number of ether oxygens (including phenoxy) is 1. The Morgan fingerprint density at radius 3 is 2.53 bits per heavy atom. The Labute approximate surface area is 225 Å². The lowest BCUT2D eigenvalue weighted by molar-refractivity contribution is -0.155. The second-order valence-corrected chi connectivity index (χ2v) is 9.98. The van der Waals surface area contributed by atoms with Crippen molar-refractivity contribution in [1.82, 2.24) is 20.5 Å². The summed E-state index contributed by atoms with van der Waals surface area (Å²) in [5, 5.41) is 31.2. The highest BCUT2D eigenvalue weighted by Gasteiger charge is 2.25. The largest absolute Gasteiger partial charge is 0.464 e. The minimum atomic E-state index is -1.41. The van der Waals surface area contributed by atoms with Crippen molar-refractivity contribution in [3.05, 3.63) is 82.9 Å². The lowest BCUT2D eigenvalue weighted by atomic mass is 9.97. The number of amides is 1. The third-order valence-corrected chi connectivity index (χ3v) is 6.19. The molecular formula is C28H29ClN4O5. The Bertz CT molecular complexity index is 1420. The molecule has 0 aliphatic rings. The van der Waals surface area contributed by atoms with Gasteiger partial charge in [0, 0.05) is 23.0 Å². The summed E-state index contributed by atoms with van der Waals surface area (Å²) >= 11 is 6.12. The van der Waals surface area contributed by atoms with Gasteiger partial charge in [0.2, 0.25) is 0 Å². The average Bonchev–Trinajstić information content (AvgIpc) is 3.27. The fourth-order valence-electron chi connectivity index (χ4n) is 4.01. The highest BCUT2D eigenvalue weighted by atomic mass is 35.5. The maximum Gasteiger partial charge on any atom is 0.335 e. The van der Waals surface area contributed by atoms with Gasteiger partial charge in [-0.1, -0.05) is 66.7 Å². The topological polar surface area (TPSA) is 127 Å². The summed E-state index contributed by atoms with van der Waals surface area (Å²) in [4.78, 5) is 26.0. The molecule has 0 unspecified atom stereocenters. The summed E-state index contributed by atoms with van der Waals surface area (Å²) in [5.74, 6) is -1.04. The van der Waals surface area contributed by atoms with Crippen molar-refractivity contribution in [2.24, 2.45) is 5.92 Å². The van der Waals surface area contributed by atoms with Crippen molar-refractivity contribution in [1.29, 1.82) is 0 Å². The minimum absolute atomic E-state index is 0.0412. The van der Waals surface area contributed by atoms with Crippen LogP contribution in [0.1, 0.15) is 36.2 Å². The molecular weight excluding hydrogens is 508 g/mol. The molecule has 1 aromatic heterocycles. The molecule has 3 aromatic carbocycles. The number of esters is 1. The van der Waals surface area contributed by atoms with Crippen molar-refractivity contribution < 1.29 is 24.6 Å². The highest BCUT2D eigenvalue weighted by Crippen LogP contribution is 2.24. The summed E-state index contributed by atoms with van der Waals surface area (Å²) in [5.41, 5.74) is 3.85. The molecule has 0 saturated heterocycles. The number of benzene rings is 3. The molecule has 9 nitrogen and oxygen atoms in total. The maximum atomic E-state index is 13.1. The Hall–Kier alpha value is -3.95. The van der Waals surface area contributed by atoms with Gasteiger partial charge >= 0.3 is 5.97 Å². The predicted octanol–water partition coefficient (Wildman–Crippen LogP) is 4.28. The molecule has 0 saturated carbocycles. The van der Waals surface area contributed by atoms with Crippen LogP contribution in [0, 0.1) is 5.92 Å². The Kier molecular flexibility index (Phi) is 8.60. The lowest BCUT2D eigenvalue weighted by Gasteiger charge is -2.22. The lowest BCUT2D eigenvalue weighted by Crippen LogP contribution is -2.41. The first kappa shape index (κ1) is 27.1. The smallest absolute Gasteiger partial charge is 0.335 e. The van der Waals surface area contributed by atoms with Crippen molar-refractivity contribution in [2.45, 2.75) is 38.8 Å². The molecule has 1 heterocycles. The molecule has 1 amide bonds. The zero-order chi connectivity index (χ0) is 27.2. The molecule has 38 heavy (non-hydrogen) atoms. The Morgan fingerprint density at radius 1 is 1.05 bits per heavy atom. The fraction of sp³-hybridized carbons (Fsp3) is 0.286. The quantitative estimate of drug-likeness (QED) is 0.204. The van der Waals surface area contributed by atoms with Crippen LogP contribution in [0.4, 0.5) is 0 Å². The number of fused-ring (bicyclic) bond motifs is 1. The van der Waals surface area contributed by atoms with Gasteiger partial charge in [-0.3, -0.25) is 4.79 Å². The second kappa shape index (κ2) is 12.1. The van der Waals surface area contributed by atoms with E-state index in [1.54, 1.807) is 12.1 Å². The van der Waals surface area contributed by atoms with Crippen molar-refractivity contribution >= 4 is 34.5 Å². The van der Waals surface area contributed by atoms with Gasteiger partial charge in [0.05, 0.1) is 6.61 Å². The number of hydrogen-bond acceptors (Lipinski definition) is 7. The molecule has 0 fully saturated rings. The summed E-state index contributed by atoms with van der Waals surface area (Å²) in [7, 11) is 0. The molecule has 4 aromatic rings. The van der Waals surface area contributed by atoms with Crippen LogP contribution in [0.2, 0.25) is 5.02 Å². The molecule has 2 atom stereocenters. The maximum absolute atomic E-state index is 13.1. The van der Waals surface area contributed by atoms with Gasteiger partial charge in [0.15, 0.2) is 6.10 Å². The van der Waals surface area contributed by atoms with Crippen LogP contribution in [-0.4, -0.2) is 56.1 Å². The summed E-state index contributed by atoms with van der Waals surface area (Å²) in [6, 6.07) is 19.3. The van der Waals surface area contributed by atoms with Gasteiger partial charge < -0.3 is 20.4 Å². The summed E-state index contributed by atoms with van der Waals surface area (Å²) in [6.07, 6.45) is -1.09. The van der Waals surface area contributed by atoms with Gasteiger partial charge in [-0.05, 0) is 64.6 Å². The van der Waals surface area contributed by atoms with Crippen LogP contribution < -0.4 is 5.32 Å². The monoisotopic (exact) mass is 536 g/mol. The van der Waals surface area contributed by atoms with E-state index in [1.165, 1.54) is 6.07 Å². The first-order chi connectivity index (χ1) is 18.2. The number of carbonyl (C=O) groups is 2. The van der Waals surface area contributed by atoms with E-state index in [1.807, 2.05) is 62.4 Å². The van der Waals surface area contributed by atoms with Crippen molar-refractivity contribution in [3.8, 4) is 11.1 Å². The number of nitrogens with zero attached hydrogens (tertiary/aromatic N) is 3. The SMILES string of the molecule is CC(C)COC(=O)[C@H](O)C[C@@H](Cc1ccc(-c2cccc(Cl)c2)cc1)NC(=O)c1ccc2nnn(O)c2c1. The van der Waals surface area contributed by atoms with Gasteiger partial charge in [0.25, 0.3) is 5.91 Å². The zero-order valence-electron chi connectivity index (χ0n) is 21.0. The standard InChI is InChI=1S/C28H29ClN4O5/c1-17(2)16-38-28(36)26(34)15-23(30-27(35)21-10-11-24-25(14-21)33(37)32-31-24)12-18-6-8-19(9-7-18)20-4-3-5-22(29)13-20/h3-11,13-14,17,23,26,34,37H,12,15-16H2,1-2H3,(H,30,35)/t23-,26-/m1/s1. The number of aromatic nitrogens is 3.